The summed E-state index contributed by atoms with van der Waals surface area (Å²) in [6.07, 6.45) is 0. The SMILES string of the molecule is Cc1ccc(S(=O)(=O)CC(=O)N=c2sc3cc(Cl)ccc3n2C)cc1. The Hall–Kier alpha value is -1.96. The van der Waals surface area contributed by atoms with E-state index in [0.29, 0.717) is 9.82 Å². The Kier molecular flexibility index (Phi) is 4.81. The van der Waals surface area contributed by atoms with Gasteiger partial charge in [0.15, 0.2) is 14.6 Å². The van der Waals surface area contributed by atoms with Crippen LogP contribution in [0.15, 0.2) is 52.4 Å². The summed E-state index contributed by atoms with van der Waals surface area (Å²) in [6, 6.07) is 11.8. The zero-order chi connectivity index (χ0) is 18.2. The van der Waals surface area contributed by atoms with Crippen LogP contribution in [0, 0.1) is 6.92 Å². The molecule has 0 fully saturated rings. The van der Waals surface area contributed by atoms with E-state index in [9.17, 15) is 13.2 Å². The van der Waals surface area contributed by atoms with Crippen LogP contribution >= 0.6 is 22.9 Å². The largest absolute Gasteiger partial charge is 0.319 e. The minimum Gasteiger partial charge on any atom is -0.319 e. The molecule has 1 aromatic heterocycles. The summed E-state index contributed by atoms with van der Waals surface area (Å²) >= 11 is 7.26. The zero-order valence-electron chi connectivity index (χ0n) is 13.6. The van der Waals surface area contributed by atoms with Crippen LogP contribution in [0.5, 0.6) is 0 Å². The van der Waals surface area contributed by atoms with Crippen molar-refractivity contribution in [1.29, 1.82) is 0 Å². The molecule has 3 aromatic rings. The number of nitrogens with zero attached hydrogens (tertiary/aromatic N) is 2. The highest BCUT2D eigenvalue weighted by Crippen LogP contribution is 2.21. The minimum atomic E-state index is -3.72. The molecule has 0 aliphatic rings. The maximum absolute atomic E-state index is 12.3. The van der Waals surface area contributed by atoms with Gasteiger partial charge in [-0.05, 0) is 37.3 Å². The molecule has 0 atom stereocenters. The summed E-state index contributed by atoms with van der Waals surface area (Å²) in [5, 5.41) is 0.592. The molecule has 8 heteroatoms. The number of aromatic nitrogens is 1. The van der Waals surface area contributed by atoms with Crippen molar-refractivity contribution in [2.75, 3.05) is 5.75 Å². The minimum absolute atomic E-state index is 0.120. The molecule has 0 saturated heterocycles. The van der Waals surface area contributed by atoms with E-state index in [1.807, 2.05) is 13.0 Å². The molecule has 2 aromatic carbocycles. The van der Waals surface area contributed by atoms with E-state index in [2.05, 4.69) is 4.99 Å². The van der Waals surface area contributed by atoms with Gasteiger partial charge in [-0.1, -0.05) is 40.6 Å². The number of carbonyl (C=O) groups is 1. The molecule has 3 rings (SSSR count). The van der Waals surface area contributed by atoms with Crippen molar-refractivity contribution in [1.82, 2.24) is 4.57 Å². The molecule has 0 aliphatic carbocycles. The Balaban J connectivity index is 1.93. The number of sulfone groups is 1. The van der Waals surface area contributed by atoms with E-state index < -0.39 is 21.5 Å². The van der Waals surface area contributed by atoms with Gasteiger partial charge in [0, 0.05) is 12.1 Å². The summed E-state index contributed by atoms with van der Waals surface area (Å²) < 4.78 is 27.3. The number of aryl methyl sites for hydroxylation is 2. The Morgan fingerprint density at radius 1 is 1.20 bits per heavy atom. The molecule has 0 aliphatic heterocycles. The van der Waals surface area contributed by atoms with E-state index in [4.69, 9.17) is 11.6 Å². The number of benzene rings is 2. The van der Waals surface area contributed by atoms with Gasteiger partial charge in [-0.25, -0.2) is 8.42 Å². The van der Waals surface area contributed by atoms with Crippen LogP contribution in [0.3, 0.4) is 0 Å². The van der Waals surface area contributed by atoms with Gasteiger partial charge in [-0.3, -0.25) is 4.79 Å². The fourth-order valence-corrected chi connectivity index (χ4v) is 4.76. The normalized spacial score (nSPS) is 12.7. The molecular formula is C17H15ClN2O3S2. The topological polar surface area (TPSA) is 68.5 Å². The first-order valence-corrected chi connectivity index (χ1v) is 10.2. The van der Waals surface area contributed by atoms with E-state index in [1.54, 1.807) is 35.9 Å². The van der Waals surface area contributed by atoms with Crippen LogP contribution in [0.25, 0.3) is 10.2 Å². The number of rotatable bonds is 3. The molecule has 0 bridgehead atoms. The predicted molar refractivity (Wildman–Crippen MR) is 99.6 cm³/mol. The van der Waals surface area contributed by atoms with E-state index in [1.165, 1.54) is 23.5 Å². The maximum Gasteiger partial charge on any atom is 0.263 e. The first-order chi connectivity index (χ1) is 11.8. The molecule has 0 N–H and O–H groups in total. The quantitative estimate of drug-likeness (QED) is 0.685. The lowest BCUT2D eigenvalue weighted by atomic mass is 10.2. The van der Waals surface area contributed by atoms with Crippen molar-refractivity contribution in [2.45, 2.75) is 11.8 Å². The highest BCUT2D eigenvalue weighted by atomic mass is 35.5. The van der Waals surface area contributed by atoms with Crippen molar-refractivity contribution in [3.63, 3.8) is 0 Å². The third-order valence-corrected chi connectivity index (χ3v) is 6.63. The molecule has 25 heavy (non-hydrogen) atoms. The van der Waals surface area contributed by atoms with Crippen molar-refractivity contribution in [3.05, 3.63) is 57.9 Å². The molecule has 5 nitrogen and oxygen atoms in total. The number of halogens is 1. The fourth-order valence-electron chi connectivity index (χ4n) is 2.34. The third-order valence-electron chi connectivity index (χ3n) is 3.69. The van der Waals surface area contributed by atoms with Gasteiger partial charge in [-0.15, -0.1) is 0 Å². The molecule has 1 amide bonds. The molecule has 1 heterocycles. The van der Waals surface area contributed by atoms with Crippen LogP contribution in [-0.4, -0.2) is 24.6 Å². The predicted octanol–water partition coefficient (Wildman–Crippen LogP) is 3.10. The second-order valence-electron chi connectivity index (χ2n) is 5.63. The fraction of sp³-hybridized carbons (Fsp3) is 0.176. The number of thiazole rings is 1. The first-order valence-electron chi connectivity index (χ1n) is 7.38. The van der Waals surface area contributed by atoms with Crippen molar-refractivity contribution in [2.24, 2.45) is 12.0 Å². The maximum atomic E-state index is 12.3. The lowest BCUT2D eigenvalue weighted by Crippen LogP contribution is -2.19. The monoisotopic (exact) mass is 394 g/mol. The number of fused-ring (bicyclic) bond motifs is 1. The lowest BCUT2D eigenvalue weighted by molar-refractivity contribution is -0.115. The molecule has 0 unspecified atom stereocenters. The van der Waals surface area contributed by atoms with Gasteiger partial charge in [0.2, 0.25) is 0 Å². The van der Waals surface area contributed by atoms with Crippen molar-refractivity contribution in [3.8, 4) is 0 Å². The Morgan fingerprint density at radius 3 is 2.56 bits per heavy atom. The second kappa shape index (κ2) is 6.74. The van der Waals surface area contributed by atoms with Gasteiger partial charge in [0.1, 0.15) is 5.75 Å². The van der Waals surface area contributed by atoms with Gasteiger partial charge < -0.3 is 4.57 Å². The summed E-state index contributed by atoms with van der Waals surface area (Å²) in [5.41, 5.74) is 1.83. The average molecular weight is 395 g/mol. The van der Waals surface area contributed by atoms with Crippen LogP contribution in [0.4, 0.5) is 0 Å². The number of amides is 1. The highest BCUT2D eigenvalue weighted by Gasteiger charge is 2.19. The Morgan fingerprint density at radius 2 is 1.88 bits per heavy atom. The van der Waals surface area contributed by atoms with Crippen LogP contribution in [0.2, 0.25) is 5.02 Å². The third kappa shape index (κ3) is 3.84. The second-order valence-corrected chi connectivity index (χ2v) is 9.07. The van der Waals surface area contributed by atoms with Crippen LogP contribution in [-0.2, 0) is 21.7 Å². The molecule has 130 valence electrons. The number of hydrogen-bond donors (Lipinski definition) is 0. The summed E-state index contributed by atoms with van der Waals surface area (Å²) in [6.45, 7) is 1.87. The molecule has 0 spiro atoms. The van der Waals surface area contributed by atoms with Crippen molar-refractivity contribution >= 4 is 48.9 Å². The van der Waals surface area contributed by atoms with Gasteiger partial charge in [0.25, 0.3) is 5.91 Å². The Labute approximate surface area is 154 Å². The zero-order valence-corrected chi connectivity index (χ0v) is 16.0. The highest BCUT2D eigenvalue weighted by molar-refractivity contribution is 7.92. The van der Waals surface area contributed by atoms with E-state index >= 15 is 0 Å². The molecule has 0 saturated carbocycles. The summed E-state index contributed by atoms with van der Waals surface area (Å²) in [5.74, 6) is -1.36. The average Bonchev–Trinajstić information content (AvgIpc) is 2.82. The van der Waals surface area contributed by atoms with Crippen LogP contribution in [0.1, 0.15) is 5.56 Å². The molecular weight excluding hydrogens is 380 g/mol. The van der Waals surface area contributed by atoms with Gasteiger partial charge in [-0.2, -0.15) is 4.99 Å². The number of hydrogen-bond acceptors (Lipinski definition) is 4. The molecule has 0 radical (unpaired) electrons. The first kappa shape index (κ1) is 17.8. The van der Waals surface area contributed by atoms with E-state index in [0.717, 1.165) is 15.8 Å². The lowest BCUT2D eigenvalue weighted by Gasteiger charge is -2.02. The summed E-state index contributed by atoms with van der Waals surface area (Å²) in [4.78, 5) is 16.7. The Bertz CT molecular complexity index is 1130. The van der Waals surface area contributed by atoms with Gasteiger partial charge in [0.05, 0.1) is 15.1 Å². The summed E-state index contributed by atoms with van der Waals surface area (Å²) in [7, 11) is -1.94. The van der Waals surface area contributed by atoms with Crippen LogP contribution < -0.4 is 4.80 Å². The van der Waals surface area contributed by atoms with Gasteiger partial charge >= 0.3 is 0 Å². The number of carbonyl (C=O) groups excluding carboxylic acids is 1. The van der Waals surface area contributed by atoms with Crippen molar-refractivity contribution < 1.29 is 13.2 Å². The van der Waals surface area contributed by atoms with E-state index in [-0.39, 0.29) is 4.90 Å². The smallest absolute Gasteiger partial charge is 0.263 e. The standard InChI is InChI=1S/C17H15ClN2O3S2/c1-11-3-6-13(7-4-11)25(22,23)10-16(21)19-17-20(2)14-8-5-12(18)9-15(14)24-17/h3-9H,10H2,1-2H3.